The lowest BCUT2D eigenvalue weighted by atomic mass is 9.81. The van der Waals surface area contributed by atoms with Gasteiger partial charge in [-0.1, -0.05) is 321 Å². The molecular formula is C67H179NSi. The van der Waals surface area contributed by atoms with Crippen LogP contribution in [0.3, 0.4) is 0 Å². The second-order valence-electron chi connectivity index (χ2n) is 24.3. The van der Waals surface area contributed by atoms with Crippen LogP contribution in [0.2, 0.25) is 25.7 Å². The summed E-state index contributed by atoms with van der Waals surface area (Å²) in [5.41, 5.74) is 3.86. The summed E-state index contributed by atoms with van der Waals surface area (Å²) in [5.74, 6) is 0. The molecule has 1 aliphatic heterocycles. The van der Waals surface area contributed by atoms with E-state index in [0.29, 0.717) is 32.7 Å². The van der Waals surface area contributed by atoms with Gasteiger partial charge in [-0.05, 0) is 120 Å². The van der Waals surface area contributed by atoms with Crippen molar-refractivity contribution in [3.63, 3.8) is 0 Å². The van der Waals surface area contributed by atoms with E-state index in [-0.39, 0.29) is 126 Å². The third-order valence-electron chi connectivity index (χ3n) is 11.2. The van der Waals surface area contributed by atoms with Gasteiger partial charge in [0.15, 0.2) is 0 Å². The van der Waals surface area contributed by atoms with Crippen LogP contribution >= 0.6 is 0 Å². The molecule has 0 aromatic heterocycles. The van der Waals surface area contributed by atoms with Gasteiger partial charge in [-0.15, -0.1) is 0 Å². The van der Waals surface area contributed by atoms with E-state index in [4.69, 9.17) is 0 Å². The maximum absolute atomic E-state index is 2.49. The third kappa shape index (κ3) is 106. The first-order valence-corrected chi connectivity index (χ1v) is 26.5. The highest BCUT2D eigenvalue weighted by Gasteiger charge is 2.41. The predicted molar refractivity (Wildman–Crippen MR) is 366 cm³/mol. The average molecular weight is 1030 g/mol. The van der Waals surface area contributed by atoms with Crippen molar-refractivity contribution in [1.82, 2.24) is 4.90 Å². The summed E-state index contributed by atoms with van der Waals surface area (Å²) in [4.78, 5) is 2.49. The van der Waals surface area contributed by atoms with Crippen LogP contribution in [-0.4, -0.2) is 31.1 Å². The number of hydrogen-bond donors (Lipinski definition) is 0. The molecule has 3 aliphatic rings. The molecule has 0 bridgehead atoms. The fourth-order valence-electron chi connectivity index (χ4n) is 6.12. The van der Waals surface area contributed by atoms with Crippen molar-refractivity contribution in [2.45, 2.75) is 418 Å². The molecule has 69 heavy (non-hydrogen) atoms. The van der Waals surface area contributed by atoms with E-state index in [9.17, 15) is 0 Å². The molecule has 0 aromatic rings. The highest BCUT2D eigenvalue weighted by Crippen LogP contribution is 2.48. The van der Waals surface area contributed by atoms with Gasteiger partial charge in [-0.25, -0.2) is 0 Å². The molecule has 0 aromatic carbocycles. The van der Waals surface area contributed by atoms with Crippen LogP contribution in [0.25, 0.3) is 0 Å². The molecule has 0 radical (unpaired) electrons. The normalized spacial score (nSPS) is 15.3. The van der Waals surface area contributed by atoms with Crippen molar-refractivity contribution >= 4 is 8.07 Å². The van der Waals surface area contributed by atoms with Crippen molar-refractivity contribution < 1.29 is 0 Å². The summed E-state index contributed by atoms with van der Waals surface area (Å²) in [5, 5.41) is 0. The summed E-state index contributed by atoms with van der Waals surface area (Å²) in [6, 6.07) is 1.50. The zero-order valence-corrected chi connectivity index (χ0v) is 43.2. The van der Waals surface area contributed by atoms with E-state index < -0.39 is 8.07 Å². The Labute approximate surface area is 462 Å². The maximum atomic E-state index is 2.49. The van der Waals surface area contributed by atoms with Gasteiger partial charge in [0.05, 0.1) is 0 Å². The zero-order valence-electron chi connectivity index (χ0n) is 42.2. The van der Waals surface area contributed by atoms with Crippen molar-refractivity contribution in [1.29, 1.82) is 0 Å². The van der Waals surface area contributed by atoms with E-state index in [2.05, 4.69) is 177 Å². The molecule has 0 unspecified atom stereocenters. The maximum Gasteiger partial charge on any atom is 0.0442 e. The Hall–Kier alpha value is 0.177. The van der Waals surface area contributed by atoms with Crippen LogP contribution in [0.5, 0.6) is 0 Å². The first-order valence-electron chi connectivity index (χ1n) is 22.8. The molecule has 2 heteroatoms. The van der Waals surface area contributed by atoms with Crippen LogP contribution < -0.4 is 0 Å². The fourth-order valence-corrected chi connectivity index (χ4v) is 7.54. The van der Waals surface area contributed by atoms with E-state index in [0.717, 1.165) is 5.41 Å². The number of unbranched alkanes of at least 4 members (excludes halogenated alkanes) is 5. The molecule has 2 saturated carbocycles. The molecule has 3 fully saturated rings. The van der Waals surface area contributed by atoms with Crippen molar-refractivity contribution in [2.75, 3.05) is 7.05 Å². The number of hydrogen-bond acceptors (Lipinski definition) is 1. The van der Waals surface area contributed by atoms with Gasteiger partial charge in [-0.2, -0.15) is 0 Å². The fraction of sp³-hybridized carbons (Fsp3) is 1.00. The first-order chi connectivity index (χ1) is 23.1. The minimum atomic E-state index is -0.678. The van der Waals surface area contributed by atoms with Crippen LogP contribution in [0.1, 0.15) is 381 Å². The summed E-state index contributed by atoms with van der Waals surface area (Å²) >= 11 is 0. The zero-order chi connectivity index (χ0) is 42.3. The van der Waals surface area contributed by atoms with Crippen LogP contribution in [0.4, 0.5) is 0 Å². The molecule has 1 nitrogen and oxygen atoms in total. The third-order valence-corrected chi connectivity index (χ3v) is 13.1. The SMILES string of the molecule is C.C.C.C.C.C.C.C.C.C.C.C.C.C.C.C.C.CC(C)(C)CCC(C)(C)C.CC1(C)CC1.CC1(C)CCC(C)(C)C1.CCCC.CCCCCC.CCCC[Si](C)(C)C.CN1C(C)(C)CCC1(C)C. The van der Waals surface area contributed by atoms with Gasteiger partial charge in [0.2, 0.25) is 0 Å². The molecule has 0 amide bonds. The Morgan fingerprint density at radius 1 is 0.348 bits per heavy atom. The minimum Gasteiger partial charge on any atom is -0.296 e. The number of likely N-dealkylation sites (tertiary alicyclic amines) is 1. The Morgan fingerprint density at radius 2 is 0.565 bits per heavy atom. The molecule has 0 atom stereocenters. The highest BCUT2D eigenvalue weighted by molar-refractivity contribution is 6.76. The van der Waals surface area contributed by atoms with Gasteiger partial charge >= 0.3 is 0 Å². The Kier molecular flexibility index (Phi) is 129. The Morgan fingerprint density at radius 3 is 0.638 bits per heavy atom. The summed E-state index contributed by atoms with van der Waals surface area (Å²) in [6.07, 6.45) is 23.4. The van der Waals surface area contributed by atoms with Gasteiger partial charge in [-0.3, -0.25) is 4.90 Å². The van der Waals surface area contributed by atoms with Crippen LogP contribution in [0, 0.1) is 27.1 Å². The van der Waals surface area contributed by atoms with E-state index in [1.165, 1.54) is 115 Å². The van der Waals surface area contributed by atoms with Gasteiger partial charge in [0.1, 0.15) is 0 Å². The highest BCUT2D eigenvalue weighted by atomic mass is 28.3. The lowest BCUT2D eigenvalue weighted by Gasteiger charge is -2.36. The van der Waals surface area contributed by atoms with E-state index >= 15 is 0 Å². The predicted octanol–water partition coefficient (Wildman–Crippen LogP) is 29.5. The summed E-state index contributed by atoms with van der Waals surface area (Å²) < 4.78 is 0. The molecule has 3 rings (SSSR count). The molecule has 0 N–H and O–H groups in total. The standard InChI is InChI=1S/C10H22.C9H19N.C9H18.C7H18Si.C6H14.C5H10.C4H10.17CH4/c1-9(2,3)7-8-10(4,5)6;1-8(2)6-7-9(3,4)10(8)5;1-8(2)5-6-9(3,4)7-8;1-5-6-7-8(2,3)4;1-3-5-6-4-2;1-5(2)3-4-5;1-3-4-2;;;;;;;;;;;;;;;;;/h7-8H2,1-6H3;6-7H2,1-5H3;5-7H2,1-4H3;5-7H2,1-4H3;3-6H2,1-2H3;3-4H2,1-2H3;3-4H2,1-2H3;17*1H4. The second kappa shape index (κ2) is 64.3. The molecule has 2 aliphatic carbocycles. The molecular weight excluding hydrogens is 847 g/mol. The minimum absolute atomic E-state index is 0. The lowest BCUT2D eigenvalue weighted by Crippen LogP contribution is -2.44. The second-order valence-corrected chi connectivity index (χ2v) is 30.0. The molecule has 1 saturated heterocycles. The summed E-state index contributed by atoms with van der Waals surface area (Å²) in [6.45, 7) is 55.6. The van der Waals surface area contributed by atoms with Crippen LogP contribution in [0.15, 0.2) is 0 Å². The van der Waals surface area contributed by atoms with Crippen molar-refractivity contribution in [2.24, 2.45) is 27.1 Å². The lowest BCUT2D eigenvalue weighted by molar-refractivity contribution is 0.115. The quantitative estimate of drug-likeness (QED) is 0.173. The first kappa shape index (κ1) is 139. The summed E-state index contributed by atoms with van der Waals surface area (Å²) in [7, 11) is 1.55. The largest absolute Gasteiger partial charge is 0.296 e. The number of rotatable bonds is 8. The molecule has 456 valence electrons. The Balaban J connectivity index is -0.0000000200. The van der Waals surface area contributed by atoms with Gasteiger partial charge in [0, 0.05) is 19.2 Å². The van der Waals surface area contributed by atoms with Crippen LogP contribution in [-0.2, 0) is 0 Å². The monoisotopic (exact) mass is 1030 g/mol. The average Bonchev–Trinajstić information content (AvgIpc) is 3.56. The number of nitrogens with zero attached hydrogens (tertiary/aromatic N) is 1. The smallest absolute Gasteiger partial charge is 0.0442 e. The Bertz CT molecular complexity index is 754. The van der Waals surface area contributed by atoms with Gasteiger partial charge in [0.25, 0.3) is 0 Å². The van der Waals surface area contributed by atoms with E-state index in [1.807, 2.05) is 0 Å². The topological polar surface area (TPSA) is 3.24 Å². The van der Waals surface area contributed by atoms with Crippen molar-refractivity contribution in [3.05, 3.63) is 0 Å². The molecule has 1 heterocycles. The molecule has 0 spiro atoms. The van der Waals surface area contributed by atoms with E-state index in [1.54, 1.807) is 0 Å². The van der Waals surface area contributed by atoms with Gasteiger partial charge < -0.3 is 0 Å². The van der Waals surface area contributed by atoms with Crippen molar-refractivity contribution in [3.8, 4) is 0 Å².